The first-order valence-corrected chi connectivity index (χ1v) is 7.34. The third-order valence-corrected chi connectivity index (χ3v) is 4.11. The van der Waals surface area contributed by atoms with Gasteiger partial charge in [-0.2, -0.15) is 0 Å². The summed E-state index contributed by atoms with van der Waals surface area (Å²) in [5.41, 5.74) is 4.03. The van der Waals surface area contributed by atoms with Crippen LogP contribution in [0.4, 0.5) is 0 Å². The van der Waals surface area contributed by atoms with Gasteiger partial charge in [0.25, 0.3) is 0 Å². The van der Waals surface area contributed by atoms with Crippen molar-refractivity contribution in [1.29, 1.82) is 0 Å². The summed E-state index contributed by atoms with van der Waals surface area (Å²) in [6.07, 6.45) is 4.95. The molecule has 1 unspecified atom stereocenters. The van der Waals surface area contributed by atoms with Crippen LogP contribution in [0.2, 0.25) is 0 Å². The van der Waals surface area contributed by atoms with Gasteiger partial charge in [0.1, 0.15) is 0 Å². The lowest BCUT2D eigenvalue weighted by molar-refractivity contribution is -0.924. The molecule has 0 saturated carbocycles. The number of rotatable bonds is 6. The van der Waals surface area contributed by atoms with Gasteiger partial charge < -0.3 is 10.0 Å². The summed E-state index contributed by atoms with van der Waals surface area (Å²) in [5.74, 6) is 0. The first kappa shape index (κ1) is 13.6. The Bertz CT molecular complexity index is 383. The normalized spacial score (nSPS) is 18.3. The van der Waals surface area contributed by atoms with Gasteiger partial charge in [0, 0.05) is 12.8 Å². The van der Waals surface area contributed by atoms with Crippen molar-refractivity contribution >= 4 is 0 Å². The van der Waals surface area contributed by atoms with Gasteiger partial charge in [-0.15, -0.1) is 0 Å². The van der Waals surface area contributed by atoms with Crippen LogP contribution < -0.4 is 4.90 Å². The molecular weight excluding hydrogens is 222 g/mol. The lowest BCUT2D eigenvalue weighted by Crippen LogP contribution is -3.16. The van der Waals surface area contributed by atoms with Crippen molar-refractivity contribution in [2.75, 3.05) is 13.1 Å². The van der Waals surface area contributed by atoms with E-state index in [1.54, 1.807) is 4.90 Å². The number of hydrogen-bond donors (Lipinski definition) is 2. The van der Waals surface area contributed by atoms with E-state index in [1.165, 1.54) is 49.9 Å². The van der Waals surface area contributed by atoms with Crippen LogP contribution in [-0.4, -0.2) is 24.2 Å². The van der Waals surface area contributed by atoms with Crippen LogP contribution in [0, 0.1) is 0 Å². The van der Waals surface area contributed by atoms with Crippen LogP contribution in [0.25, 0.3) is 0 Å². The molecule has 1 aliphatic carbocycles. The maximum Gasteiger partial charge on any atom is 0.0956 e. The molecule has 0 aliphatic heterocycles. The molecule has 0 aromatic heterocycles. The van der Waals surface area contributed by atoms with Crippen molar-refractivity contribution in [2.24, 2.45) is 0 Å². The molecule has 0 heterocycles. The molecule has 100 valence electrons. The van der Waals surface area contributed by atoms with Gasteiger partial charge in [0.2, 0.25) is 0 Å². The summed E-state index contributed by atoms with van der Waals surface area (Å²) in [5, 5.41) is 9.21. The lowest BCUT2D eigenvalue weighted by Gasteiger charge is -2.24. The summed E-state index contributed by atoms with van der Waals surface area (Å²) in [7, 11) is 0. The molecule has 0 fully saturated rings. The monoisotopic (exact) mass is 248 g/mol. The highest BCUT2D eigenvalue weighted by Gasteiger charge is 2.29. The first-order chi connectivity index (χ1) is 8.78. The van der Waals surface area contributed by atoms with E-state index in [-0.39, 0.29) is 6.61 Å². The van der Waals surface area contributed by atoms with E-state index in [0.717, 1.165) is 11.6 Å². The molecule has 1 atom stereocenters. The average Bonchev–Trinajstić information content (AvgIpc) is 2.81. The Morgan fingerprint density at radius 2 is 1.78 bits per heavy atom. The first-order valence-electron chi connectivity index (χ1n) is 7.34. The minimum absolute atomic E-state index is 0.165. The van der Waals surface area contributed by atoms with E-state index in [9.17, 15) is 5.11 Å². The summed E-state index contributed by atoms with van der Waals surface area (Å²) in [6.45, 7) is 7.31. The zero-order valence-electron chi connectivity index (χ0n) is 11.7. The summed E-state index contributed by atoms with van der Waals surface area (Å²) in [6, 6.07) is 7.25. The molecule has 0 radical (unpaired) electrons. The molecule has 2 nitrogen and oxygen atoms in total. The summed E-state index contributed by atoms with van der Waals surface area (Å²) >= 11 is 0. The number of quaternary nitrogens is 1. The van der Waals surface area contributed by atoms with Gasteiger partial charge in [0.05, 0.1) is 25.7 Å². The van der Waals surface area contributed by atoms with Crippen molar-refractivity contribution in [1.82, 2.24) is 0 Å². The molecule has 0 bridgehead atoms. The molecule has 0 spiro atoms. The highest BCUT2D eigenvalue weighted by Crippen LogP contribution is 2.22. The lowest BCUT2D eigenvalue weighted by atomic mass is 10.1. The highest BCUT2D eigenvalue weighted by molar-refractivity contribution is 5.36. The average molecular weight is 248 g/mol. The predicted molar refractivity (Wildman–Crippen MR) is 74.8 cm³/mol. The van der Waals surface area contributed by atoms with Crippen molar-refractivity contribution < 1.29 is 10.0 Å². The Balaban J connectivity index is 2.07. The van der Waals surface area contributed by atoms with E-state index in [0.29, 0.717) is 0 Å². The van der Waals surface area contributed by atoms with Crippen molar-refractivity contribution in [3.8, 4) is 0 Å². The zero-order valence-corrected chi connectivity index (χ0v) is 11.7. The maximum atomic E-state index is 9.21. The van der Waals surface area contributed by atoms with E-state index in [1.807, 2.05) is 0 Å². The Hall–Kier alpha value is -0.860. The smallest absolute Gasteiger partial charge is 0.0956 e. The SMILES string of the molecule is CCC[NH+](CCC)C1Cc2ccc(CO)cc2C1. The second-order valence-electron chi connectivity index (χ2n) is 5.52. The van der Waals surface area contributed by atoms with Gasteiger partial charge in [0.15, 0.2) is 0 Å². The Morgan fingerprint density at radius 3 is 2.39 bits per heavy atom. The Morgan fingerprint density at radius 1 is 1.11 bits per heavy atom. The van der Waals surface area contributed by atoms with Gasteiger partial charge in [-0.25, -0.2) is 0 Å². The van der Waals surface area contributed by atoms with Crippen molar-refractivity contribution in [2.45, 2.75) is 52.2 Å². The Labute approximate surface area is 111 Å². The van der Waals surface area contributed by atoms with Crippen LogP contribution in [0.15, 0.2) is 18.2 Å². The summed E-state index contributed by atoms with van der Waals surface area (Å²) in [4.78, 5) is 1.77. The Kier molecular flexibility index (Phi) is 4.79. The molecule has 2 heteroatoms. The fourth-order valence-electron chi connectivity index (χ4n) is 3.23. The van der Waals surface area contributed by atoms with Crippen LogP contribution in [0.3, 0.4) is 0 Å². The number of fused-ring (bicyclic) bond motifs is 1. The largest absolute Gasteiger partial charge is 0.392 e. The van der Waals surface area contributed by atoms with Crippen molar-refractivity contribution in [3.63, 3.8) is 0 Å². The standard InChI is InChI=1S/C16H25NO/c1-3-7-17(8-4-2)16-10-14-6-5-13(12-18)9-15(14)11-16/h5-6,9,16,18H,3-4,7-8,10-12H2,1-2H3/p+1. The molecule has 1 aromatic rings. The quantitative estimate of drug-likeness (QED) is 0.780. The summed E-state index contributed by atoms with van der Waals surface area (Å²) < 4.78 is 0. The van der Waals surface area contributed by atoms with E-state index >= 15 is 0 Å². The molecule has 2 rings (SSSR count). The molecule has 0 saturated heterocycles. The number of aliphatic hydroxyl groups is 1. The van der Waals surface area contributed by atoms with Crippen LogP contribution in [0.1, 0.15) is 43.4 Å². The number of benzene rings is 1. The number of nitrogens with one attached hydrogen (secondary N) is 1. The van der Waals surface area contributed by atoms with Gasteiger partial charge in [-0.3, -0.25) is 0 Å². The van der Waals surface area contributed by atoms with Crippen LogP contribution >= 0.6 is 0 Å². The van der Waals surface area contributed by atoms with Crippen molar-refractivity contribution in [3.05, 3.63) is 34.9 Å². The van der Waals surface area contributed by atoms with Gasteiger partial charge in [-0.1, -0.05) is 32.0 Å². The van der Waals surface area contributed by atoms with E-state index in [4.69, 9.17) is 0 Å². The second kappa shape index (κ2) is 6.35. The highest BCUT2D eigenvalue weighted by atomic mass is 16.3. The minimum atomic E-state index is 0.165. The maximum absolute atomic E-state index is 9.21. The fraction of sp³-hybridized carbons (Fsp3) is 0.625. The third kappa shape index (κ3) is 2.93. The molecule has 18 heavy (non-hydrogen) atoms. The van der Waals surface area contributed by atoms with E-state index in [2.05, 4.69) is 32.0 Å². The minimum Gasteiger partial charge on any atom is -0.392 e. The fourth-order valence-corrected chi connectivity index (χ4v) is 3.23. The molecule has 1 aliphatic rings. The molecule has 2 N–H and O–H groups in total. The second-order valence-corrected chi connectivity index (χ2v) is 5.52. The number of aliphatic hydroxyl groups excluding tert-OH is 1. The predicted octanol–water partition coefficient (Wildman–Crippen LogP) is 1.35. The molecule has 1 aromatic carbocycles. The van der Waals surface area contributed by atoms with Crippen LogP contribution in [0.5, 0.6) is 0 Å². The molecular formula is C16H26NO+. The zero-order chi connectivity index (χ0) is 13.0. The van der Waals surface area contributed by atoms with Gasteiger partial charge in [-0.05, 0) is 29.5 Å². The van der Waals surface area contributed by atoms with Crippen LogP contribution in [-0.2, 0) is 19.4 Å². The van der Waals surface area contributed by atoms with E-state index < -0.39 is 0 Å². The number of hydrogen-bond acceptors (Lipinski definition) is 1. The topological polar surface area (TPSA) is 24.7 Å². The molecule has 0 amide bonds. The van der Waals surface area contributed by atoms with Gasteiger partial charge >= 0.3 is 0 Å². The third-order valence-electron chi connectivity index (χ3n) is 4.11.